The Balaban J connectivity index is 0.000000206. The molecular weight excluding hydrogens is 470 g/mol. The van der Waals surface area contributed by atoms with Crippen LogP contribution in [0.5, 0.6) is 11.5 Å². The number of aromatic hydroxyl groups is 2. The highest BCUT2D eigenvalue weighted by molar-refractivity contribution is 5.82. The second-order valence-electron chi connectivity index (χ2n) is 8.27. The summed E-state index contributed by atoms with van der Waals surface area (Å²) in [4.78, 5) is 0. The Morgan fingerprint density at radius 3 is 1.57 bits per heavy atom. The molecule has 0 atom stereocenters. The highest BCUT2D eigenvalue weighted by Crippen LogP contribution is 2.34. The van der Waals surface area contributed by atoms with Crippen molar-refractivity contribution in [1.82, 2.24) is 0 Å². The van der Waals surface area contributed by atoms with E-state index in [1.165, 1.54) is 18.2 Å². The lowest BCUT2D eigenvalue weighted by molar-refractivity contribution is 0.311. The third-order valence-corrected chi connectivity index (χ3v) is 5.40. The lowest BCUT2D eigenvalue weighted by Gasteiger charge is -2.11. The number of aliphatic hydroxyl groups excluding tert-OH is 2. The fraction of sp³-hybridized carbons (Fsp3) is 0.143. The molecule has 37 heavy (non-hydrogen) atoms. The highest BCUT2D eigenvalue weighted by atomic mass is 16.3. The Hall–Kier alpha value is -4.60. The van der Waals surface area contributed by atoms with Crippen molar-refractivity contribution in [3.63, 3.8) is 0 Å². The number of nitrogens with two attached hydrogens (primary N) is 3. The van der Waals surface area contributed by atoms with Crippen LogP contribution in [0, 0.1) is 0 Å². The van der Waals surface area contributed by atoms with Gasteiger partial charge in [0.2, 0.25) is 0 Å². The summed E-state index contributed by atoms with van der Waals surface area (Å²) in [5.41, 5.74) is 24.6. The number of phenols is 2. The zero-order valence-corrected chi connectivity index (χ0v) is 20.4. The molecule has 9 nitrogen and oxygen atoms in total. The maximum atomic E-state index is 9.51. The molecule has 194 valence electrons. The Kier molecular flexibility index (Phi) is 9.42. The molecule has 0 aliphatic rings. The third kappa shape index (κ3) is 7.69. The van der Waals surface area contributed by atoms with E-state index in [0.717, 1.165) is 22.5 Å². The molecule has 4 aromatic rings. The molecule has 0 aromatic heterocycles. The first-order chi connectivity index (χ1) is 17.8. The summed E-state index contributed by atoms with van der Waals surface area (Å²) in [5, 5.41) is 42.7. The molecule has 0 amide bonds. The van der Waals surface area contributed by atoms with Gasteiger partial charge in [-0.05, 0) is 71.8 Å². The molecule has 0 aliphatic heterocycles. The van der Waals surface area contributed by atoms with E-state index < -0.39 is 0 Å². The second-order valence-corrected chi connectivity index (χ2v) is 8.27. The maximum Gasteiger partial charge on any atom is 0.119 e. The van der Waals surface area contributed by atoms with Gasteiger partial charge >= 0.3 is 0 Å². The molecule has 0 saturated carbocycles. The number of nitrogens with one attached hydrogen (secondary N) is 2. The van der Waals surface area contributed by atoms with Crippen LogP contribution in [0.2, 0.25) is 0 Å². The molecule has 0 spiro atoms. The normalized spacial score (nSPS) is 10.3. The van der Waals surface area contributed by atoms with E-state index in [1.54, 1.807) is 18.2 Å². The van der Waals surface area contributed by atoms with Crippen molar-refractivity contribution in [2.75, 3.05) is 54.1 Å². The molecule has 4 rings (SSSR count). The summed E-state index contributed by atoms with van der Waals surface area (Å²) in [5.74, 6) is -0.0498. The third-order valence-electron chi connectivity index (χ3n) is 5.40. The van der Waals surface area contributed by atoms with Gasteiger partial charge in [-0.15, -0.1) is 0 Å². The minimum atomic E-state index is -0.0249. The Bertz CT molecular complexity index is 1310. The average Bonchev–Trinajstić information content (AvgIpc) is 2.87. The number of nitrogen functional groups attached to an aromatic ring is 3. The number of rotatable bonds is 8. The molecule has 0 bridgehead atoms. The zero-order valence-electron chi connectivity index (χ0n) is 20.4. The second kappa shape index (κ2) is 12.9. The molecule has 4 aromatic carbocycles. The van der Waals surface area contributed by atoms with Crippen LogP contribution < -0.4 is 27.8 Å². The van der Waals surface area contributed by atoms with Crippen LogP contribution >= 0.6 is 0 Å². The molecule has 0 heterocycles. The van der Waals surface area contributed by atoms with E-state index in [1.807, 2.05) is 42.5 Å². The van der Waals surface area contributed by atoms with Gasteiger partial charge in [0.15, 0.2) is 0 Å². The Morgan fingerprint density at radius 2 is 1.08 bits per heavy atom. The molecule has 0 unspecified atom stereocenters. The van der Waals surface area contributed by atoms with Gasteiger partial charge in [0.05, 0.1) is 13.2 Å². The standard InChI is InChI=1S/C14H17N3O.C14H16N2O3/c15-11-3-1-2-10(8-11)13-9-12(17-6-7-18)4-5-14(13)16;15-14-2-1-10(16-3-4-17)7-13(14)9-5-11(18)8-12(19)6-9/h1-5,8-9,17-18H,6-7,15-16H2;1-2,5-8,16-19H,3-4,15H2. The summed E-state index contributed by atoms with van der Waals surface area (Å²) in [6, 6.07) is 23.0. The van der Waals surface area contributed by atoms with E-state index in [2.05, 4.69) is 10.6 Å². The van der Waals surface area contributed by atoms with Crippen molar-refractivity contribution in [1.29, 1.82) is 0 Å². The number of anilines is 5. The molecule has 12 N–H and O–H groups in total. The summed E-state index contributed by atoms with van der Waals surface area (Å²) < 4.78 is 0. The minimum Gasteiger partial charge on any atom is -0.508 e. The van der Waals surface area contributed by atoms with Crippen LogP contribution in [0.1, 0.15) is 0 Å². The summed E-state index contributed by atoms with van der Waals surface area (Å²) in [7, 11) is 0. The van der Waals surface area contributed by atoms with Crippen LogP contribution in [0.4, 0.5) is 28.4 Å². The number of hydrogen-bond donors (Lipinski definition) is 9. The fourth-order valence-corrected chi connectivity index (χ4v) is 3.69. The quantitative estimate of drug-likeness (QED) is 0.162. The lowest BCUT2D eigenvalue weighted by Crippen LogP contribution is -2.05. The average molecular weight is 504 g/mol. The molecule has 0 saturated heterocycles. The summed E-state index contributed by atoms with van der Waals surface area (Å²) >= 11 is 0. The van der Waals surface area contributed by atoms with Crippen LogP contribution in [0.3, 0.4) is 0 Å². The van der Waals surface area contributed by atoms with Gasteiger partial charge in [-0.2, -0.15) is 0 Å². The van der Waals surface area contributed by atoms with E-state index in [4.69, 9.17) is 27.4 Å². The first kappa shape index (κ1) is 27.0. The predicted molar refractivity (Wildman–Crippen MR) is 151 cm³/mol. The number of phenolic OH excluding ortho intramolecular Hbond substituents is 2. The van der Waals surface area contributed by atoms with Gasteiger partial charge in [-0.3, -0.25) is 0 Å². The first-order valence-electron chi connectivity index (χ1n) is 11.7. The summed E-state index contributed by atoms with van der Waals surface area (Å²) in [6.45, 7) is 1.08. The van der Waals surface area contributed by atoms with E-state index >= 15 is 0 Å². The predicted octanol–water partition coefficient (Wildman–Crippen LogP) is 3.67. The smallest absolute Gasteiger partial charge is 0.119 e. The minimum absolute atomic E-state index is 0.0249. The van der Waals surface area contributed by atoms with Crippen LogP contribution in [-0.2, 0) is 0 Å². The molecular formula is C28H33N5O4. The van der Waals surface area contributed by atoms with Crippen LogP contribution in [0.25, 0.3) is 22.3 Å². The van der Waals surface area contributed by atoms with E-state index in [9.17, 15) is 10.2 Å². The fourth-order valence-electron chi connectivity index (χ4n) is 3.69. The van der Waals surface area contributed by atoms with Crippen molar-refractivity contribution in [3.8, 4) is 33.8 Å². The first-order valence-corrected chi connectivity index (χ1v) is 11.7. The van der Waals surface area contributed by atoms with E-state index in [-0.39, 0.29) is 24.7 Å². The van der Waals surface area contributed by atoms with Crippen molar-refractivity contribution < 1.29 is 20.4 Å². The van der Waals surface area contributed by atoms with Gasteiger partial charge in [0.25, 0.3) is 0 Å². The van der Waals surface area contributed by atoms with Crippen molar-refractivity contribution >= 4 is 28.4 Å². The van der Waals surface area contributed by atoms with Crippen LogP contribution in [-0.4, -0.2) is 46.7 Å². The SMILES string of the molecule is Nc1ccc(NCCO)cc1-c1cc(O)cc(O)c1.Nc1cccc(-c2cc(NCCO)ccc2N)c1. The van der Waals surface area contributed by atoms with Gasteiger partial charge < -0.3 is 48.3 Å². The maximum absolute atomic E-state index is 9.51. The molecule has 0 radical (unpaired) electrons. The number of aliphatic hydroxyl groups is 2. The lowest BCUT2D eigenvalue weighted by atomic mass is 10.0. The van der Waals surface area contributed by atoms with Gasteiger partial charge in [0, 0.05) is 58.7 Å². The molecule has 9 heteroatoms. The monoisotopic (exact) mass is 503 g/mol. The van der Waals surface area contributed by atoms with E-state index in [0.29, 0.717) is 41.3 Å². The highest BCUT2D eigenvalue weighted by Gasteiger charge is 2.07. The van der Waals surface area contributed by atoms with Gasteiger partial charge in [0.1, 0.15) is 11.5 Å². The Labute approximate surface area is 215 Å². The van der Waals surface area contributed by atoms with Crippen molar-refractivity contribution in [3.05, 3.63) is 78.9 Å². The van der Waals surface area contributed by atoms with Gasteiger partial charge in [-0.1, -0.05) is 12.1 Å². The number of benzene rings is 4. The number of hydrogen-bond acceptors (Lipinski definition) is 9. The van der Waals surface area contributed by atoms with Crippen molar-refractivity contribution in [2.45, 2.75) is 0 Å². The largest absolute Gasteiger partial charge is 0.508 e. The zero-order chi connectivity index (χ0) is 26.8. The van der Waals surface area contributed by atoms with Crippen LogP contribution in [0.15, 0.2) is 78.9 Å². The van der Waals surface area contributed by atoms with Gasteiger partial charge in [-0.25, -0.2) is 0 Å². The summed E-state index contributed by atoms with van der Waals surface area (Å²) in [6.07, 6.45) is 0. The topological polar surface area (TPSA) is 183 Å². The molecule has 0 fully saturated rings. The van der Waals surface area contributed by atoms with Crippen molar-refractivity contribution in [2.24, 2.45) is 0 Å². The molecule has 0 aliphatic carbocycles. The Morgan fingerprint density at radius 1 is 0.568 bits per heavy atom.